The van der Waals surface area contributed by atoms with Crippen LogP contribution in [0.1, 0.15) is 16.9 Å². The third-order valence-electron chi connectivity index (χ3n) is 2.94. The molecule has 0 atom stereocenters. The van der Waals surface area contributed by atoms with Gasteiger partial charge in [0.1, 0.15) is 5.69 Å². The highest BCUT2D eigenvalue weighted by molar-refractivity contribution is 5.92. The van der Waals surface area contributed by atoms with Crippen molar-refractivity contribution in [3.8, 4) is 0 Å². The van der Waals surface area contributed by atoms with Gasteiger partial charge in [0.05, 0.1) is 13.2 Å². The molecule has 6 heteroatoms. The summed E-state index contributed by atoms with van der Waals surface area (Å²) >= 11 is 0. The Hall–Kier alpha value is -1.17. The summed E-state index contributed by atoms with van der Waals surface area (Å²) in [5.74, 6) is -0.0995. The van der Waals surface area contributed by atoms with Crippen LogP contribution in [-0.4, -0.2) is 55.2 Å². The zero-order valence-electron chi connectivity index (χ0n) is 10.8. The Bertz CT molecular complexity index is 369. The van der Waals surface area contributed by atoms with Gasteiger partial charge in [0.25, 0.3) is 5.91 Å². The van der Waals surface area contributed by atoms with E-state index in [1.165, 1.54) is 0 Å². The van der Waals surface area contributed by atoms with Crippen molar-refractivity contribution in [1.82, 2.24) is 15.2 Å². The molecule has 1 N–H and O–H groups in total. The van der Waals surface area contributed by atoms with Crippen LogP contribution in [0.3, 0.4) is 0 Å². The van der Waals surface area contributed by atoms with E-state index in [-0.39, 0.29) is 18.3 Å². The Balaban J connectivity index is 0.00000180. The molecule has 0 saturated carbocycles. The first-order chi connectivity index (χ1) is 8.86. The number of aromatic nitrogens is 1. The summed E-state index contributed by atoms with van der Waals surface area (Å²) < 4.78 is 5.28. The van der Waals surface area contributed by atoms with Crippen molar-refractivity contribution in [2.45, 2.75) is 6.42 Å². The molecule has 0 aliphatic carbocycles. The highest BCUT2D eigenvalue weighted by Crippen LogP contribution is 1.98. The molecular weight excluding hydrogens is 266 g/mol. The topological polar surface area (TPSA) is 54.5 Å². The molecule has 19 heavy (non-hydrogen) atoms. The van der Waals surface area contributed by atoms with Crippen molar-refractivity contribution in [1.29, 1.82) is 0 Å². The van der Waals surface area contributed by atoms with Gasteiger partial charge in [-0.2, -0.15) is 0 Å². The SMILES string of the molecule is O=C(NCCCN1CCOCC1)c1ccccn1.[Cl-]. The number of halogens is 1. The lowest BCUT2D eigenvalue weighted by Crippen LogP contribution is -3.00. The maximum atomic E-state index is 11.7. The summed E-state index contributed by atoms with van der Waals surface area (Å²) in [4.78, 5) is 18.1. The minimum atomic E-state index is -0.0995. The maximum Gasteiger partial charge on any atom is 0.269 e. The fourth-order valence-corrected chi connectivity index (χ4v) is 1.92. The average molecular weight is 285 g/mol. The molecular formula is C13H19ClN3O2-. The Morgan fingerprint density at radius 2 is 2.16 bits per heavy atom. The molecule has 5 nitrogen and oxygen atoms in total. The molecule has 1 aliphatic rings. The lowest BCUT2D eigenvalue weighted by molar-refractivity contribution is -0.0000133. The van der Waals surface area contributed by atoms with E-state index in [2.05, 4.69) is 15.2 Å². The van der Waals surface area contributed by atoms with Gasteiger partial charge in [0.15, 0.2) is 0 Å². The van der Waals surface area contributed by atoms with E-state index in [1.807, 2.05) is 6.07 Å². The molecule has 1 amide bonds. The number of hydrogen-bond acceptors (Lipinski definition) is 4. The van der Waals surface area contributed by atoms with Gasteiger partial charge in [0, 0.05) is 25.8 Å². The number of rotatable bonds is 5. The number of hydrogen-bond donors (Lipinski definition) is 1. The van der Waals surface area contributed by atoms with Gasteiger partial charge in [-0.25, -0.2) is 0 Å². The third-order valence-corrected chi connectivity index (χ3v) is 2.94. The largest absolute Gasteiger partial charge is 1.00 e. The summed E-state index contributed by atoms with van der Waals surface area (Å²) in [6, 6.07) is 5.34. The molecule has 0 spiro atoms. The quantitative estimate of drug-likeness (QED) is 0.610. The molecule has 2 rings (SSSR count). The van der Waals surface area contributed by atoms with E-state index >= 15 is 0 Å². The summed E-state index contributed by atoms with van der Waals surface area (Å²) in [6.07, 6.45) is 2.58. The molecule has 0 aromatic carbocycles. The van der Waals surface area contributed by atoms with Crippen LogP contribution in [0.15, 0.2) is 24.4 Å². The monoisotopic (exact) mass is 284 g/mol. The molecule has 0 radical (unpaired) electrons. The first kappa shape index (κ1) is 15.9. The van der Waals surface area contributed by atoms with E-state index < -0.39 is 0 Å². The minimum absolute atomic E-state index is 0. The van der Waals surface area contributed by atoms with Crippen molar-refractivity contribution in [2.24, 2.45) is 0 Å². The van der Waals surface area contributed by atoms with Gasteiger partial charge in [-0.05, 0) is 25.1 Å². The zero-order chi connectivity index (χ0) is 12.6. The fraction of sp³-hybridized carbons (Fsp3) is 0.538. The van der Waals surface area contributed by atoms with Gasteiger partial charge >= 0.3 is 0 Å². The molecule has 2 heterocycles. The second-order valence-corrected chi connectivity index (χ2v) is 4.28. The van der Waals surface area contributed by atoms with E-state index in [0.717, 1.165) is 39.3 Å². The Labute approximate surface area is 119 Å². The second-order valence-electron chi connectivity index (χ2n) is 4.28. The average Bonchev–Trinajstić information content (AvgIpc) is 2.45. The van der Waals surface area contributed by atoms with Gasteiger partial charge in [0.2, 0.25) is 0 Å². The predicted molar refractivity (Wildman–Crippen MR) is 68.4 cm³/mol. The molecule has 1 aromatic rings. The van der Waals surface area contributed by atoms with Gasteiger partial charge in [-0.1, -0.05) is 6.07 Å². The van der Waals surface area contributed by atoms with Crippen LogP contribution in [0.5, 0.6) is 0 Å². The highest BCUT2D eigenvalue weighted by Gasteiger charge is 2.10. The minimum Gasteiger partial charge on any atom is -1.00 e. The number of ether oxygens (including phenoxy) is 1. The summed E-state index contributed by atoms with van der Waals surface area (Å²) in [6.45, 7) is 5.32. The van der Waals surface area contributed by atoms with Crippen LogP contribution in [0.25, 0.3) is 0 Å². The van der Waals surface area contributed by atoms with E-state index in [0.29, 0.717) is 12.2 Å². The lowest BCUT2D eigenvalue weighted by Gasteiger charge is -2.26. The number of pyridine rings is 1. The molecule has 1 fully saturated rings. The Morgan fingerprint density at radius 1 is 1.37 bits per heavy atom. The third kappa shape index (κ3) is 5.55. The first-order valence-electron chi connectivity index (χ1n) is 6.35. The van der Waals surface area contributed by atoms with Crippen molar-refractivity contribution >= 4 is 5.91 Å². The zero-order valence-corrected chi connectivity index (χ0v) is 11.6. The summed E-state index contributed by atoms with van der Waals surface area (Å²) in [7, 11) is 0. The fourth-order valence-electron chi connectivity index (χ4n) is 1.92. The number of carbonyl (C=O) groups is 1. The predicted octanol–water partition coefficient (Wildman–Crippen LogP) is -2.46. The second kappa shape index (κ2) is 8.85. The molecule has 0 unspecified atom stereocenters. The van der Waals surface area contributed by atoms with E-state index in [9.17, 15) is 4.79 Å². The van der Waals surface area contributed by atoms with Crippen molar-refractivity contribution in [2.75, 3.05) is 39.4 Å². The standard InChI is InChI=1S/C13H19N3O2.ClH/c17-13(12-4-1-2-5-14-12)15-6-3-7-16-8-10-18-11-9-16;/h1-2,4-5H,3,6-11H2,(H,15,17);1H/p-1. The number of nitrogens with one attached hydrogen (secondary N) is 1. The van der Waals surface area contributed by atoms with Crippen molar-refractivity contribution < 1.29 is 21.9 Å². The molecule has 1 aliphatic heterocycles. The van der Waals surface area contributed by atoms with E-state index in [4.69, 9.17) is 4.74 Å². The summed E-state index contributed by atoms with van der Waals surface area (Å²) in [5.41, 5.74) is 0.476. The Kier molecular flexibility index (Phi) is 7.40. The van der Waals surface area contributed by atoms with Gasteiger partial charge in [-0.3, -0.25) is 14.7 Å². The number of carbonyl (C=O) groups excluding carboxylic acids is 1. The van der Waals surface area contributed by atoms with Crippen molar-refractivity contribution in [3.63, 3.8) is 0 Å². The molecule has 0 bridgehead atoms. The van der Waals surface area contributed by atoms with Crippen molar-refractivity contribution in [3.05, 3.63) is 30.1 Å². The van der Waals surface area contributed by atoms with Gasteiger partial charge < -0.3 is 22.5 Å². The van der Waals surface area contributed by atoms with Crippen LogP contribution < -0.4 is 17.7 Å². The first-order valence-corrected chi connectivity index (χ1v) is 6.35. The lowest BCUT2D eigenvalue weighted by atomic mass is 10.3. The number of nitrogens with zero attached hydrogens (tertiary/aromatic N) is 2. The van der Waals surface area contributed by atoms with Crippen LogP contribution >= 0.6 is 0 Å². The van der Waals surface area contributed by atoms with Crippen LogP contribution in [0, 0.1) is 0 Å². The number of amides is 1. The molecule has 1 saturated heterocycles. The smallest absolute Gasteiger partial charge is 0.269 e. The van der Waals surface area contributed by atoms with Crippen LogP contribution in [-0.2, 0) is 4.74 Å². The Morgan fingerprint density at radius 3 is 2.84 bits per heavy atom. The number of morpholine rings is 1. The molecule has 1 aromatic heterocycles. The summed E-state index contributed by atoms with van der Waals surface area (Å²) in [5, 5.41) is 2.88. The highest BCUT2D eigenvalue weighted by atomic mass is 35.5. The van der Waals surface area contributed by atoms with Crippen LogP contribution in [0.4, 0.5) is 0 Å². The normalized spacial score (nSPS) is 15.6. The maximum absolute atomic E-state index is 11.7. The van der Waals surface area contributed by atoms with Gasteiger partial charge in [-0.15, -0.1) is 0 Å². The molecule has 106 valence electrons. The van der Waals surface area contributed by atoms with Crippen LogP contribution in [0.2, 0.25) is 0 Å². The van der Waals surface area contributed by atoms with E-state index in [1.54, 1.807) is 18.3 Å².